The number of hydrogen-bond acceptors (Lipinski definition) is 11. The number of Topliss-reactive ketones (excluding diaryl/α,β-unsaturated/α-hetero) is 2. The highest BCUT2D eigenvalue weighted by Gasteiger charge is 2.64. The van der Waals surface area contributed by atoms with Gasteiger partial charge in [0.25, 0.3) is 5.91 Å². The van der Waals surface area contributed by atoms with E-state index >= 15 is 0 Å². The summed E-state index contributed by atoms with van der Waals surface area (Å²) in [6.45, 7) is 0.760. The molecule has 0 radical (unpaired) electrons. The molecule has 2 amide bonds. The van der Waals surface area contributed by atoms with Gasteiger partial charge in [0.2, 0.25) is 11.7 Å². The van der Waals surface area contributed by atoms with Crippen molar-refractivity contribution in [2.45, 2.75) is 43.4 Å². The van der Waals surface area contributed by atoms with Crippen molar-refractivity contribution in [3.05, 3.63) is 34.1 Å². The van der Waals surface area contributed by atoms with Crippen LogP contribution in [-0.4, -0.2) is 113 Å². The zero-order valence-corrected chi connectivity index (χ0v) is 24.3. The van der Waals surface area contributed by atoms with Crippen LogP contribution in [0, 0.1) is 11.8 Å². The molecule has 13 nitrogen and oxygen atoms in total. The number of phenols is 1. The van der Waals surface area contributed by atoms with Gasteiger partial charge in [0, 0.05) is 31.3 Å². The number of hydrogen-bond donors (Lipinski definition) is 6. The topological polar surface area (TPSA) is 197 Å². The van der Waals surface area contributed by atoms with Crippen LogP contribution in [0.15, 0.2) is 23.0 Å². The third kappa shape index (κ3) is 4.09. The molecule has 1 aromatic carbocycles. The zero-order chi connectivity index (χ0) is 31.0. The summed E-state index contributed by atoms with van der Waals surface area (Å²) < 4.78 is 0. The standard InChI is InChI=1S/C29H37N5O8/c1-32(2)17-11-15(31-28(41)16-7-6-8-34(16)5)22(35)19-13(17)9-12-10-14-21(33(3)4)24(37)20(27(30)40)26(39)29(14,42)25(38)18(12)23(19)36/h11-12,14,16,21,35-36,39,42H,6-10H2,1-5H3,(H2,30,40)(H,31,41)/t12-,14-,16+,21-,29-/m0/s1. The molecular formula is C29H37N5O8. The third-order valence-corrected chi connectivity index (χ3v) is 9.26. The predicted octanol–water partition coefficient (Wildman–Crippen LogP) is 0.0627. The first-order valence-corrected chi connectivity index (χ1v) is 13.8. The molecule has 0 bridgehead atoms. The number of carbonyl (C=O) groups is 4. The first kappa shape index (κ1) is 29.5. The van der Waals surface area contributed by atoms with Gasteiger partial charge in [0.1, 0.15) is 22.8 Å². The number of aromatic hydroxyl groups is 1. The average Bonchev–Trinajstić information content (AvgIpc) is 3.33. The monoisotopic (exact) mass is 583 g/mol. The number of amides is 2. The summed E-state index contributed by atoms with van der Waals surface area (Å²) >= 11 is 0. The first-order valence-electron chi connectivity index (χ1n) is 13.8. The number of anilines is 2. The second kappa shape index (κ2) is 10.1. The normalized spacial score (nSPS) is 29.4. The third-order valence-electron chi connectivity index (χ3n) is 9.26. The maximum Gasteiger partial charge on any atom is 0.255 e. The molecule has 5 atom stereocenters. The minimum atomic E-state index is -2.72. The Morgan fingerprint density at radius 2 is 1.81 bits per heavy atom. The van der Waals surface area contributed by atoms with Gasteiger partial charge in [-0.3, -0.25) is 29.0 Å². The lowest BCUT2D eigenvalue weighted by atomic mass is 9.57. The van der Waals surface area contributed by atoms with E-state index in [2.05, 4.69) is 5.32 Å². The van der Waals surface area contributed by atoms with Crippen molar-refractivity contribution in [1.29, 1.82) is 0 Å². The molecule has 1 saturated carbocycles. The number of nitrogens with two attached hydrogens (primary N) is 1. The summed E-state index contributed by atoms with van der Waals surface area (Å²) in [5, 5.41) is 48.5. The first-order chi connectivity index (χ1) is 19.6. The highest BCUT2D eigenvalue weighted by molar-refractivity contribution is 6.24. The van der Waals surface area contributed by atoms with Gasteiger partial charge in [0.15, 0.2) is 11.4 Å². The van der Waals surface area contributed by atoms with E-state index in [9.17, 15) is 39.6 Å². The number of benzene rings is 1. The van der Waals surface area contributed by atoms with Crippen LogP contribution in [0.1, 0.15) is 30.4 Å². The quantitative estimate of drug-likeness (QED) is 0.203. The van der Waals surface area contributed by atoms with Crippen LogP contribution in [0.5, 0.6) is 5.75 Å². The molecule has 7 N–H and O–H groups in total. The van der Waals surface area contributed by atoms with Gasteiger partial charge < -0.3 is 36.4 Å². The van der Waals surface area contributed by atoms with E-state index in [0.29, 0.717) is 17.7 Å². The van der Waals surface area contributed by atoms with Crippen molar-refractivity contribution in [3.8, 4) is 5.75 Å². The summed E-state index contributed by atoms with van der Waals surface area (Å²) in [6, 6.07) is 0.0646. The van der Waals surface area contributed by atoms with Crippen molar-refractivity contribution >= 4 is 40.5 Å². The Kier molecular flexibility index (Phi) is 7.11. The molecule has 5 rings (SSSR count). The minimum absolute atomic E-state index is 0.00804. The van der Waals surface area contributed by atoms with E-state index in [0.717, 1.165) is 13.0 Å². The fourth-order valence-corrected chi connectivity index (χ4v) is 7.24. The van der Waals surface area contributed by atoms with Crippen molar-refractivity contribution in [3.63, 3.8) is 0 Å². The number of aliphatic hydroxyl groups is 3. The Hall–Kier alpha value is -3.94. The van der Waals surface area contributed by atoms with Crippen LogP contribution in [-0.2, 0) is 25.6 Å². The highest BCUT2D eigenvalue weighted by atomic mass is 16.3. The lowest BCUT2D eigenvalue weighted by Gasteiger charge is -2.50. The number of carbonyl (C=O) groups excluding carboxylic acids is 4. The van der Waals surface area contributed by atoms with Crippen molar-refractivity contribution in [2.24, 2.45) is 17.6 Å². The second-order valence-corrected chi connectivity index (χ2v) is 12.1. The molecule has 226 valence electrons. The van der Waals surface area contributed by atoms with E-state index in [-0.39, 0.29) is 35.6 Å². The zero-order valence-electron chi connectivity index (χ0n) is 24.3. The SMILES string of the molecule is CN(C)c1cc(NC(=O)[C@H]2CCCN2C)c(O)c2c1C[C@H]1C[C@H]3[C@H](N(C)C)C(=O)C(C(N)=O)=C(O)[C@@]3(O)C(=O)C1=C2O. The van der Waals surface area contributed by atoms with E-state index in [1.165, 1.54) is 4.90 Å². The van der Waals surface area contributed by atoms with Crippen LogP contribution >= 0.6 is 0 Å². The Balaban J connectivity index is 1.68. The number of phenolic OH excluding ortho intramolecular Hbond substituents is 1. The number of aliphatic hydroxyl groups excluding tert-OH is 2. The largest absolute Gasteiger partial charge is 0.508 e. The maximum atomic E-state index is 14.1. The molecule has 1 heterocycles. The van der Waals surface area contributed by atoms with Gasteiger partial charge in [-0.1, -0.05) is 0 Å². The van der Waals surface area contributed by atoms with Crippen molar-refractivity contribution in [1.82, 2.24) is 9.80 Å². The van der Waals surface area contributed by atoms with Crippen LogP contribution in [0.3, 0.4) is 0 Å². The van der Waals surface area contributed by atoms with Gasteiger partial charge in [-0.2, -0.15) is 0 Å². The van der Waals surface area contributed by atoms with E-state index < -0.39 is 69.8 Å². The Labute approximate surface area is 242 Å². The summed E-state index contributed by atoms with van der Waals surface area (Å²) in [6.07, 6.45) is 1.65. The number of nitrogens with zero attached hydrogens (tertiary/aromatic N) is 3. The fraction of sp³-hybridized carbons (Fsp3) is 0.517. The van der Waals surface area contributed by atoms with Crippen LogP contribution in [0.25, 0.3) is 5.76 Å². The number of nitrogens with one attached hydrogen (secondary N) is 1. The second-order valence-electron chi connectivity index (χ2n) is 12.1. The maximum absolute atomic E-state index is 14.1. The smallest absolute Gasteiger partial charge is 0.255 e. The molecule has 0 spiro atoms. The molecule has 4 aliphatic rings. The van der Waals surface area contributed by atoms with Gasteiger partial charge >= 0.3 is 0 Å². The van der Waals surface area contributed by atoms with E-state index in [1.807, 2.05) is 11.9 Å². The molecule has 13 heteroatoms. The molecule has 1 aromatic rings. The number of ketones is 2. The average molecular weight is 584 g/mol. The Bertz CT molecular complexity index is 1480. The highest BCUT2D eigenvalue weighted by Crippen LogP contribution is 2.54. The molecule has 0 aromatic heterocycles. The fourth-order valence-electron chi connectivity index (χ4n) is 7.24. The molecule has 42 heavy (non-hydrogen) atoms. The Morgan fingerprint density at radius 3 is 2.36 bits per heavy atom. The van der Waals surface area contributed by atoms with E-state index in [4.69, 9.17) is 5.73 Å². The minimum Gasteiger partial charge on any atom is -0.508 e. The van der Waals surface area contributed by atoms with Crippen LogP contribution in [0.2, 0.25) is 0 Å². The molecule has 0 unspecified atom stereocenters. The van der Waals surface area contributed by atoms with Crippen LogP contribution < -0.4 is 16.0 Å². The van der Waals surface area contributed by atoms with Crippen molar-refractivity contribution < 1.29 is 39.6 Å². The van der Waals surface area contributed by atoms with E-state index in [1.54, 1.807) is 39.2 Å². The summed E-state index contributed by atoms with van der Waals surface area (Å²) in [7, 11) is 8.47. The van der Waals surface area contributed by atoms with Gasteiger partial charge in [-0.15, -0.1) is 0 Å². The summed E-state index contributed by atoms with van der Waals surface area (Å²) in [5.74, 6) is -7.56. The number of rotatable bonds is 5. The molecular weight excluding hydrogens is 546 g/mol. The summed E-state index contributed by atoms with van der Waals surface area (Å²) in [4.78, 5) is 57.7. The molecule has 3 aliphatic carbocycles. The van der Waals surface area contributed by atoms with Crippen molar-refractivity contribution in [2.75, 3.05) is 52.0 Å². The van der Waals surface area contributed by atoms with Gasteiger partial charge in [0.05, 0.1) is 23.3 Å². The molecule has 1 saturated heterocycles. The molecule has 1 aliphatic heterocycles. The molecule has 2 fully saturated rings. The number of likely N-dealkylation sites (tertiary alicyclic amines) is 1. The van der Waals surface area contributed by atoms with Gasteiger partial charge in [-0.25, -0.2) is 0 Å². The summed E-state index contributed by atoms with van der Waals surface area (Å²) in [5.41, 5.74) is 2.61. The number of primary amides is 1. The number of fused-ring (bicyclic) bond motifs is 3. The lowest BCUT2D eigenvalue weighted by molar-refractivity contribution is -0.153. The number of likely N-dealkylation sites (N-methyl/N-ethyl adjacent to an activating group) is 2. The van der Waals surface area contributed by atoms with Crippen LogP contribution in [0.4, 0.5) is 11.4 Å². The van der Waals surface area contributed by atoms with Gasteiger partial charge in [-0.05, 0) is 70.9 Å². The lowest BCUT2D eigenvalue weighted by Crippen LogP contribution is -2.65. The predicted molar refractivity (Wildman–Crippen MR) is 153 cm³/mol. The Morgan fingerprint density at radius 1 is 1.14 bits per heavy atom.